The van der Waals surface area contributed by atoms with Crippen LogP contribution in [0.15, 0.2) is 54.7 Å². The summed E-state index contributed by atoms with van der Waals surface area (Å²) >= 11 is 0. The monoisotopic (exact) mass is 317 g/mol. The van der Waals surface area contributed by atoms with Crippen molar-refractivity contribution >= 4 is 17.5 Å². The smallest absolute Gasteiger partial charge is 0.247 e. The van der Waals surface area contributed by atoms with E-state index in [1.165, 1.54) is 16.7 Å². The Balaban J connectivity index is 1.54. The van der Waals surface area contributed by atoms with Crippen molar-refractivity contribution in [2.75, 3.05) is 16.8 Å². The Hall–Kier alpha value is -2.95. The van der Waals surface area contributed by atoms with Gasteiger partial charge in [0.25, 0.3) is 0 Å². The minimum atomic E-state index is 0.668. The molecule has 0 saturated heterocycles. The fourth-order valence-electron chi connectivity index (χ4n) is 2.94. The number of nitrogens with one attached hydrogen (secondary N) is 1. The Kier molecular flexibility index (Phi) is 3.83. The van der Waals surface area contributed by atoms with Crippen LogP contribution in [-0.4, -0.2) is 21.7 Å². The van der Waals surface area contributed by atoms with E-state index < -0.39 is 0 Å². The molecule has 2 aromatic carbocycles. The van der Waals surface area contributed by atoms with E-state index in [0.717, 1.165) is 25.2 Å². The molecule has 0 saturated carbocycles. The Bertz CT molecular complexity index is 844. The van der Waals surface area contributed by atoms with Gasteiger partial charge in [0, 0.05) is 18.8 Å². The number of aromatic nitrogens is 3. The summed E-state index contributed by atoms with van der Waals surface area (Å²) in [5.74, 6) is 1.38. The lowest BCUT2D eigenvalue weighted by Gasteiger charge is -2.28. The van der Waals surface area contributed by atoms with E-state index in [9.17, 15) is 0 Å². The molecule has 3 aromatic rings. The Morgan fingerprint density at radius 1 is 1.00 bits per heavy atom. The van der Waals surface area contributed by atoms with E-state index in [1.807, 2.05) is 12.1 Å². The largest absolute Gasteiger partial charge is 0.339 e. The molecular formula is C19H19N5. The molecule has 0 fully saturated rings. The van der Waals surface area contributed by atoms with Crippen LogP contribution in [0.1, 0.15) is 16.7 Å². The van der Waals surface area contributed by atoms with Crippen LogP contribution >= 0.6 is 0 Å². The fourth-order valence-corrected chi connectivity index (χ4v) is 2.94. The summed E-state index contributed by atoms with van der Waals surface area (Å²) in [6.07, 6.45) is 2.66. The lowest BCUT2D eigenvalue weighted by molar-refractivity contribution is 0.698. The predicted molar refractivity (Wildman–Crippen MR) is 95.5 cm³/mol. The maximum atomic E-state index is 4.63. The summed E-state index contributed by atoms with van der Waals surface area (Å²) in [6.45, 7) is 3.81. The molecule has 0 atom stereocenters. The molecule has 4 rings (SSSR count). The van der Waals surface area contributed by atoms with Crippen LogP contribution in [0.3, 0.4) is 0 Å². The van der Waals surface area contributed by atoms with Crippen molar-refractivity contribution in [2.45, 2.75) is 19.9 Å². The number of fused-ring (bicyclic) bond motifs is 1. The first-order valence-corrected chi connectivity index (χ1v) is 8.13. The number of anilines is 3. The lowest BCUT2D eigenvalue weighted by Crippen LogP contribution is -2.32. The second-order valence-electron chi connectivity index (χ2n) is 6.07. The normalized spacial score (nSPS) is 13.5. The second-order valence-corrected chi connectivity index (χ2v) is 6.07. The van der Waals surface area contributed by atoms with Gasteiger partial charge in [-0.1, -0.05) is 42.0 Å². The van der Waals surface area contributed by atoms with Crippen molar-refractivity contribution in [1.82, 2.24) is 15.2 Å². The van der Waals surface area contributed by atoms with Crippen LogP contribution < -0.4 is 10.2 Å². The van der Waals surface area contributed by atoms with E-state index >= 15 is 0 Å². The fraction of sp³-hybridized carbons (Fsp3) is 0.211. The minimum absolute atomic E-state index is 0.668. The zero-order chi connectivity index (χ0) is 16.4. The van der Waals surface area contributed by atoms with Crippen molar-refractivity contribution in [3.8, 4) is 0 Å². The molecule has 2 heterocycles. The standard InChI is InChI=1S/C19H19N5/c1-14-6-8-17(9-7-14)21-18-12-20-23-19(22-18)24-11-10-15-4-2-3-5-16(15)13-24/h2-9,12H,10-11,13H2,1H3,(H,21,22,23). The van der Waals surface area contributed by atoms with Gasteiger partial charge in [0.1, 0.15) is 0 Å². The third-order valence-corrected chi connectivity index (χ3v) is 4.29. The molecule has 0 bridgehead atoms. The van der Waals surface area contributed by atoms with Gasteiger partial charge in [-0.25, -0.2) is 0 Å². The molecular weight excluding hydrogens is 298 g/mol. The summed E-state index contributed by atoms with van der Waals surface area (Å²) in [7, 11) is 0. The minimum Gasteiger partial charge on any atom is -0.339 e. The summed E-state index contributed by atoms with van der Waals surface area (Å²) < 4.78 is 0. The van der Waals surface area contributed by atoms with Crippen molar-refractivity contribution < 1.29 is 0 Å². The van der Waals surface area contributed by atoms with Crippen LogP contribution in [0.25, 0.3) is 0 Å². The first-order valence-electron chi connectivity index (χ1n) is 8.13. The van der Waals surface area contributed by atoms with E-state index in [4.69, 9.17) is 0 Å². The molecule has 1 aliphatic heterocycles. The van der Waals surface area contributed by atoms with Gasteiger partial charge < -0.3 is 10.2 Å². The highest BCUT2D eigenvalue weighted by Gasteiger charge is 2.18. The van der Waals surface area contributed by atoms with Gasteiger partial charge in [0.2, 0.25) is 5.95 Å². The van der Waals surface area contributed by atoms with Crippen LogP contribution in [0, 0.1) is 6.92 Å². The van der Waals surface area contributed by atoms with Crippen molar-refractivity contribution in [3.63, 3.8) is 0 Å². The lowest BCUT2D eigenvalue weighted by atomic mass is 10.0. The van der Waals surface area contributed by atoms with Gasteiger partial charge in [-0.3, -0.25) is 0 Å². The maximum Gasteiger partial charge on any atom is 0.247 e. The summed E-state index contributed by atoms with van der Waals surface area (Å²) in [5, 5.41) is 11.6. The highest BCUT2D eigenvalue weighted by molar-refractivity contribution is 5.56. The summed E-state index contributed by atoms with van der Waals surface area (Å²) in [4.78, 5) is 6.80. The van der Waals surface area contributed by atoms with E-state index in [2.05, 4.69) is 68.7 Å². The Labute approximate surface area is 141 Å². The SMILES string of the molecule is Cc1ccc(Nc2cnnc(N3CCc4ccccc4C3)n2)cc1. The highest BCUT2D eigenvalue weighted by Crippen LogP contribution is 2.22. The van der Waals surface area contributed by atoms with Gasteiger partial charge in [-0.15, -0.1) is 5.10 Å². The molecule has 1 aromatic heterocycles. The first-order chi connectivity index (χ1) is 11.8. The van der Waals surface area contributed by atoms with Crippen molar-refractivity contribution in [3.05, 3.63) is 71.4 Å². The van der Waals surface area contributed by atoms with E-state index in [-0.39, 0.29) is 0 Å². The molecule has 1 N–H and O–H groups in total. The quantitative estimate of drug-likeness (QED) is 0.801. The van der Waals surface area contributed by atoms with Crippen molar-refractivity contribution in [1.29, 1.82) is 0 Å². The molecule has 0 unspecified atom stereocenters. The highest BCUT2D eigenvalue weighted by atomic mass is 15.3. The number of hydrogen-bond acceptors (Lipinski definition) is 5. The van der Waals surface area contributed by atoms with Crippen LogP contribution in [-0.2, 0) is 13.0 Å². The van der Waals surface area contributed by atoms with E-state index in [0.29, 0.717) is 11.8 Å². The summed E-state index contributed by atoms with van der Waals surface area (Å²) in [5.41, 5.74) is 4.98. The number of rotatable bonds is 3. The van der Waals surface area contributed by atoms with Gasteiger partial charge in [0.15, 0.2) is 5.82 Å². The molecule has 0 radical (unpaired) electrons. The van der Waals surface area contributed by atoms with Crippen LogP contribution in [0.4, 0.5) is 17.5 Å². The second kappa shape index (κ2) is 6.28. The maximum absolute atomic E-state index is 4.63. The van der Waals surface area contributed by atoms with Gasteiger partial charge in [-0.05, 0) is 36.6 Å². The molecule has 24 heavy (non-hydrogen) atoms. The molecule has 5 nitrogen and oxygen atoms in total. The predicted octanol–water partition coefficient (Wildman–Crippen LogP) is 3.49. The molecule has 120 valence electrons. The molecule has 0 spiro atoms. The zero-order valence-corrected chi connectivity index (χ0v) is 13.6. The Morgan fingerprint density at radius 3 is 2.62 bits per heavy atom. The van der Waals surface area contributed by atoms with E-state index in [1.54, 1.807) is 6.20 Å². The average Bonchev–Trinajstić information content (AvgIpc) is 2.63. The third-order valence-electron chi connectivity index (χ3n) is 4.29. The van der Waals surface area contributed by atoms with Crippen LogP contribution in [0.2, 0.25) is 0 Å². The Morgan fingerprint density at radius 2 is 1.79 bits per heavy atom. The third kappa shape index (κ3) is 3.06. The number of aryl methyl sites for hydroxylation is 1. The molecule has 0 aliphatic carbocycles. The van der Waals surface area contributed by atoms with Gasteiger partial charge in [-0.2, -0.15) is 10.1 Å². The molecule has 0 amide bonds. The van der Waals surface area contributed by atoms with Gasteiger partial charge in [0.05, 0.1) is 6.20 Å². The number of benzene rings is 2. The molecule has 1 aliphatic rings. The molecule has 5 heteroatoms. The van der Waals surface area contributed by atoms with Crippen LogP contribution in [0.5, 0.6) is 0 Å². The average molecular weight is 317 g/mol. The number of hydrogen-bond donors (Lipinski definition) is 1. The van der Waals surface area contributed by atoms with Crippen molar-refractivity contribution in [2.24, 2.45) is 0 Å². The number of nitrogens with zero attached hydrogens (tertiary/aromatic N) is 4. The first kappa shape index (κ1) is 14.6. The zero-order valence-electron chi connectivity index (χ0n) is 13.6. The van der Waals surface area contributed by atoms with Gasteiger partial charge >= 0.3 is 0 Å². The summed E-state index contributed by atoms with van der Waals surface area (Å²) in [6, 6.07) is 16.8. The topological polar surface area (TPSA) is 53.9 Å².